The highest BCUT2D eigenvalue weighted by molar-refractivity contribution is 7.88. The van der Waals surface area contributed by atoms with E-state index in [1.807, 2.05) is 30.3 Å². The lowest BCUT2D eigenvalue weighted by molar-refractivity contribution is -0.138. The van der Waals surface area contributed by atoms with Gasteiger partial charge in [-0.3, -0.25) is 4.84 Å². The molecule has 0 aliphatic carbocycles. The van der Waals surface area contributed by atoms with Crippen LogP contribution >= 0.6 is 0 Å². The predicted octanol–water partition coefficient (Wildman–Crippen LogP) is 3.21. The molecule has 2 aromatic rings. The summed E-state index contributed by atoms with van der Waals surface area (Å²) in [5.74, 6) is -0.289. The van der Waals surface area contributed by atoms with E-state index in [4.69, 9.17) is 4.84 Å². The van der Waals surface area contributed by atoms with E-state index >= 15 is 0 Å². The molecule has 3 heterocycles. The molecule has 1 aromatic carbocycles. The summed E-state index contributed by atoms with van der Waals surface area (Å²) in [6.07, 6.45) is -1.20. The number of hydroxylamine groups is 1. The third kappa shape index (κ3) is 4.97. The average Bonchev–Trinajstić information content (AvgIpc) is 3.23. The number of aromatic nitrogens is 2. The lowest BCUT2D eigenvalue weighted by Crippen LogP contribution is -2.42. The smallest absolute Gasteiger partial charge is 0.351 e. The second kappa shape index (κ2) is 8.83. The van der Waals surface area contributed by atoms with Crippen LogP contribution in [0.3, 0.4) is 0 Å². The summed E-state index contributed by atoms with van der Waals surface area (Å²) in [4.78, 5) is 13.6. The quantitative estimate of drug-likeness (QED) is 0.717. The minimum absolute atomic E-state index is 0.0492. The number of nitrogens with zero attached hydrogens (tertiary/aromatic N) is 4. The van der Waals surface area contributed by atoms with Crippen LogP contribution in [0.4, 0.5) is 24.9 Å². The number of nitrogens with one attached hydrogen (secondary N) is 1. The highest BCUT2D eigenvalue weighted by Crippen LogP contribution is 2.41. The Kier molecular flexibility index (Phi) is 6.28. The van der Waals surface area contributed by atoms with Crippen molar-refractivity contribution in [3.63, 3.8) is 0 Å². The van der Waals surface area contributed by atoms with E-state index in [0.717, 1.165) is 18.0 Å². The molecule has 12 heteroatoms. The van der Waals surface area contributed by atoms with E-state index in [1.54, 1.807) is 0 Å². The SMILES string of the molecule is CS(=O)(=O)N1CCC(Nc2ncc(C(F)(F)F)c(N3OCC[C@H]3c3ccccc3)n2)CC1. The summed E-state index contributed by atoms with van der Waals surface area (Å²) < 4.78 is 65.9. The third-order valence-electron chi connectivity index (χ3n) is 5.63. The number of alkyl halides is 3. The second-order valence-corrected chi connectivity index (χ2v) is 9.87. The maximum Gasteiger partial charge on any atom is 0.421 e. The first-order valence-corrected chi connectivity index (χ1v) is 12.1. The molecule has 2 fully saturated rings. The van der Waals surface area contributed by atoms with Crippen LogP contribution in [0.2, 0.25) is 0 Å². The van der Waals surface area contributed by atoms with Gasteiger partial charge in [0.25, 0.3) is 0 Å². The van der Waals surface area contributed by atoms with Crippen molar-refractivity contribution in [2.24, 2.45) is 0 Å². The summed E-state index contributed by atoms with van der Waals surface area (Å²) in [6, 6.07) is 8.62. The molecule has 32 heavy (non-hydrogen) atoms. The number of anilines is 2. The van der Waals surface area contributed by atoms with Crippen LogP contribution in [0.5, 0.6) is 0 Å². The van der Waals surface area contributed by atoms with Crippen LogP contribution in [0.1, 0.15) is 36.4 Å². The van der Waals surface area contributed by atoms with E-state index in [0.29, 0.717) is 32.4 Å². The van der Waals surface area contributed by atoms with E-state index in [2.05, 4.69) is 15.3 Å². The van der Waals surface area contributed by atoms with Gasteiger partial charge in [0.1, 0.15) is 5.56 Å². The molecule has 1 atom stereocenters. The molecule has 174 valence electrons. The molecule has 2 aliphatic rings. The summed E-state index contributed by atoms with van der Waals surface area (Å²) in [6.45, 7) is 0.929. The van der Waals surface area contributed by atoms with E-state index < -0.39 is 27.8 Å². The van der Waals surface area contributed by atoms with Crippen LogP contribution in [0.15, 0.2) is 36.5 Å². The first kappa shape index (κ1) is 22.7. The molecule has 0 bridgehead atoms. The van der Waals surface area contributed by atoms with Crippen molar-refractivity contribution < 1.29 is 26.4 Å². The van der Waals surface area contributed by atoms with Crippen molar-refractivity contribution >= 4 is 21.8 Å². The van der Waals surface area contributed by atoms with Crippen molar-refractivity contribution in [1.29, 1.82) is 0 Å². The number of rotatable bonds is 5. The van der Waals surface area contributed by atoms with E-state index in [1.165, 1.54) is 9.37 Å². The zero-order valence-corrected chi connectivity index (χ0v) is 18.2. The van der Waals surface area contributed by atoms with Crippen molar-refractivity contribution in [3.05, 3.63) is 47.7 Å². The zero-order chi connectivity index (χ0) is 22.9. The third-order valence-corrected chi connectivity index (χ3v) is 6.93. The van der Waals surface area contributed by atoms with Crippen molar-refractivity contribution in [2.45, 2.75) is 37.5 Å². The molecule has 1 aromatic heterocycles. The summed E-state index contributed by atoms with van der Waals surface area (Å²) >= 11 is 0. The average molecular weight is 472 g/mol. The summed E-state index contributed by atoms with van der Waals surface area (Å²) in [5, 5.41) is 4.28. The topological polar surface area (TPSA) is 87.7 Å². The van der Waals surface area contributed by atoms with E-state index in [9.17, 15) is 21.6 Å². The minimum atomic E-state index is -4.65. The first-order chi connectivity index (χ1) is 15.1. The number of hydrogen-bond acceptors (Lipinski definition) is 7. The van der Waals surface area contributed by atoms with Crippen LogP contribution in [0.25, 0.3) is 0 Å². The number of hydrogen-bond donors (Lipinski definition) is 1. The standard InChI is InChI=1S/C20H24F3N5O3S/c1-32(29,30)27-10-7-15(8-11-27)25-19-24-13-16(20(21,22)23)18(26-19)28-17(9-12-31-28)14-5-3-2-4-6-14/h2-6,13,15,17H,7-12H2,1H3,(H,24,25,26)/t17-/m0/s1. The molecule has 0 unspecified atom stereocenters. The molecule has 0 spiro atoms. The number of piperidine rings is 1. The van der Waals surface area contributed by atoms with Crippen LogP contribution < -0.4 is 10.4 Å². The number of sulfonamides is 1. The fourth-order valence-corrected chi connectivity index (χ4v) is 4.85. The van der Waals surface area contributed by atoms with Gasteiger partial charge in [-0.1, -0.05) is 30.3 Å². The number of halogens is 3. The highest BCUT2D eigenvalue weighted by Gasteiger charge is 2.40. The molecule has 0 saturated carbocycles. The lowest BCUT2D eigenvalue weighted by atomic mass is 10.0. The van der Waals surface area contributed by atoms with Crippen molar-refractivity contribution in [2.75, 3.05) is 36.3 Å². The fourth-order valence-electron chi connectivity index (χ4n) is 3.98. The maximum absolute atomic E-state index is 13.7. The Morgan fingerprint density at radius 3 is 2.44 bits per heavy atom. The normalized spacial score (nSPS) is 21.1. The summed E-state index contributed by atoms with van der Waals surface area (Å²) in [7, 11) is -3.27. The predicted molar refractivity (Wildman–Crippen MR) is 112 cm³/mol. The van der Waals surface area contributed by atoms with Gasteiger partial charge in [0, 0.05) is 31.7 Å². The zero-order valence-electron chi connectivity index (χ0n) is 17.4. The van der Waals surface area contributed by atoms with Gasteiger partial charge in [-0.05, 0) is 18.4 Å². The Morgan fingerprint density at radius 1 is 1.12 bits per heavy atom. The van der Waals surface area contributed by atoms with Crippen LogP contribution in [-0.2, 0) is 21.0 Å². The molecular formula is C20H24F3N5O3S. The Bertz CT molecular complexity index is 1040. The van der Waals surface area contributed by atoms with Gasteiger partial charge in [-0.15, -0.1) is 0 Å². The van der Waals surface area contributed by atoms with Gasteiger partial charge in [-0.2, -0.15) is 18.2 Å². The summed E-state index contributed by atoms with van der Waals surface area (Å²) in [5.41, 5.74) is -0.142. The van der Waals surface area contributed by atoms with Crippen molar-refractivity contribution in [1.82, 2.24) is 14.3 Å². The fraction of sp³-hybridized carbons (Fsp3) is 0.500. The Morgan fingerprint density at radius 2 is 1.81 bits per heavy atom. The van der Waals surface area contributed by atoms with E-state index in [-0.39, 0.29) is 24.4 Å². The lowest BCUT2D eigenvalue weighted by Gasteiger charge is -2.31. The molecule has 2 saturated heterocycles. The Labute approximate surface area is 184 Å². The molecule has 0 radical (unpaired) electrons. The van der Waals surface area contributed by atoms with Gasteiger partial charge in [-0.25, -0.2) is 22.8 Å². The molecule has 1 N–H and O–H groups in total. The maximum atomic E-state index is 13.7. The molecule has 4 rings (SSSR count). The largest absolute Gasteiger partial charge is 0.421 e. The first-order valence-electron chi connectivity index (χ1n) is 10.3. The molecule has 0 amide bonds. The molecule has 2 aliphatic heterocycles. The van der Waals surface area contributed by atoms with Crippen molar-refractivity contribution in [3.8, 4) is 0 Å². The van der Waals surface area contributed by atoms with Crippen LogP contribution in [0, 0.1) is 0 Å². The Hall–Kier alpha value is -2.44. The molecule has 8 nitrogen and oxygen atoms in total. The molecular weight excluding hydrogens is 447 g/mol. The monoisotopic (exact) mass is 471 g/mol. The van der Waals surface area contributed by atoms with Gasteiger partial charge >= 0.3 is 6.18 Å². The Balaban J connectivity index is 1.58. The van der Waals surface area contributed by atoms with Gasteiger partial charge in [0.05, 0.1) is 18.9 Å². The highest BCUT2D eigenvalue weighted by atomic mass is 32.2. The number of benzene rings is 1. The van der Waals surface area contributed by atoms with Gasteiger partial charge < -0.3 is 5.32 Å². The second-order valence-electron chi connectivity index (χ2n) is 7.88. The van der Waals surface area contributed by atoms with Gasteiger partial charge in [0.2, 0.25) is 16.0 Å². The van der Waals surface area contributed by atoms with Crippen LogP contribution in [-0.4, -0.2) is 54.7 Å². The van der Waals surface area contributed by atoms with Gasteiger partial charge in [0.15, 0.2) is 5.82 Å². The minimum Gasteiger partial charge on any atom is -0.351 e.